The smallest absolute Gasteiger partial charge is 0.270 e. The molecular weight excluding hydrogens is 188 g/mol. The molecule has 0 radical (unpaired) electrons. The maximum Gasteiger partial charge on any atom is 0.270 e. The SMILES string of the molecule is Cc1cc(=O)c(C(F)F)c(Cl)[nH]1. The molecule has 1 N–H and O–H groups in total. The van der Waals surface area contributed by atoms with Crippen molar-refractivity contribution in [3.63, 3.8) is 0 Å². The first kappa shape index (κ1) is 9.19. The predicted octanol–water partition coefficient (Wildman–Crippen LogP) is 2.27. The average molecular weight is 194 g/mol. The van der Waals surface area contributed by atoms with Gasteiger partial charge in [0.2, 0.25) is 0 Å². The van der Waals surface area contributed by atoms with E-state index in [1.807, 2.05) is 0 Å². The van der Waals surface area contributed by atoms with Gasteiger partial charge in [-0.3, -0.25) is 4.79 Å². The van der Waals surface area contributed by atoms with Crippen LogP contribution in [0.3, 0.4) is 0 Å². The van der Waals surface area contributed by atoms with Crippen molar-refractivity contribution in [3.8, 4) is 0 Å². The summed E-state index contributed by atoms with van der Waals surface area (Å²) >= 11 is 5.39. The van der Waals surface area contributed by atoms with E-state index in [2.05, 4.69) is 4.98 Å². The van der Waals surface area contributed by atoms with E-state index in [1.54, 1.807) is 6.92 Å². The van der Waals surface area contributed by atoms with Crippen molar-refractivity contribution in [3.05, 3.63) is 32.7 Å². The fourth-order valence-electron chi connectivity index (χ4n) is 0.862. The van der Waals surface area contributed by atoms with Gasteiger partial charge < -0.3 is 4.98 Å². The molecule has 0 amide bonds. The highest BCUT2D eigenvalue weighted by atomic mass is 35.5. The molecule has 1 aromatic rings. The van der Waals surface area contributed by atoms with E-state index in [9.17, 15) is 13.6 Å². The van der Waals surface area contributed by atoms with Gasteiger partial charge in [0.15, 0.2) is 5.43 Å². The largest absolute Gasteiger partial charge is 0.349 e. The summed E-state index contributed by atoms with van der Waals surface area (Å²) < 4.78 is 24.2. The molecule has 0 saturated heterocycles. The Labute approximate surface area is 72.2 Å². The second-order valence-corrected chi connectivity index (χ2v) is 2.72. The summed E-state index contributed by atoms with van der Waals surface area (Å²) in [4.78, 5) is 13.4. The summed E-state index contributed by atoms with van der Waals surface area (Å²) in [5.41, 5.74) is -0.928. The summed E-state index contributed by atoms with van der Waals surface area (Å²) in [5, 5.41) is -0.282. The average Bonchev–Trinajstić information content (AvgIpc) is 1.82. The zero-order valence-corrected chi connectivity index (χ0v) is 6.95. The minimum atomic E-state index is -2.83. The van der Waals surface area contributed by atoms with Crippen molar-refractivity contribution >= 4 is 11.6 Å². The molecule has 0 saturated carbocycles. The van der Waals surface area contributed by atoms with Crippen LogP contribution in [0, 0.1) is 6.92 Å². The van der Waals surface area contributed by atoms with Crippen LogP contribution in [0.2, 0.25) is 5.15 Å². The van der Waals surface area contributed by atoms with E-state index in [1.165, 1.54) is 0 Å². The Kier molecular flexibility index (Phi) is 2.47. The summed E-state index contributed by atoms with van der Waals surface area (Å²) in [5.74, 6) is 0. The number of aromatic nitrogens is 1. The summed E-state index contributed by atoms with van der Waals surface area (Å²) in [6, 6.07) is 1.09. The van der Waals surface area contributed by atoms with Crippen molar-refractivity contribution in [2.75, 3.05) is 0 Å². The molecule has 0 fully saturated rings. The number of alkyl halides is 2. The minimum Gasteiger partial charge on any atom is -0.349 e. The van der Waals surface area contributed by atoms with E-state index in [4.69, 9.17) is 11.6 Å². The number of nitrogens with one attached hydrogen (secondary N) is 1. The fraction of sp³-hybridized carbons (Fsp3) is 0.286. The number of aromatic amines is 1. The second kappa shape index (κ2) is 3.23. The Balaban J connectivity index is 3.39. The molecule has 2 nitrogen and oxygen atoms in total. The summed E-state index contributed by atoms with van der Waals surface area (Å²) in [6.45, 7) is 1.57. The number of rotatable bonds is 1. The molecule has 0 aliphatic carbocycles. The molecule has 0 atom stereocenters. The van der Waals surface area contributed by atoms with Crippen LogP contribution in [0.15, 0.2) is 10.9 Å². The Hall–Kier alpha value is -0.900. The Morgan fingerprint density at radius 3 is 2.58 bits per heavy atom. The van der Waals surface area contributed by atoms with Crippen molar-refractivity contribution in [2.45, 2.75) is 13.3 Å². The van der Waals surface area contributed by atoms with E-state index >= 15 is 0 Å². The molecule has 1 aromatic heterocycles. The third-order valence-corrected chi connectivity index (χ3v) is 1.67. The van der Waals surface area contributed by atoms with Crippen molar-refractivity contribution in [1.82, 2.24) is 4.98 Å². The van der Waals surface area contributed by atoms with E-state index in [-0.39, 0.29) is 5.15 Å². The zero-order chi connectivity index (χ0) is 9.30. The van der Waals surface area contributed by atoms with Gasteiger partial charge in [-0.15, -0.1) is 0 Å². The van der Waals surface area contributed by atoms with Gasteiger partial charge in [-0.2, -0.15) is 0 Å². The van der Waals surface area contributed by atoms with E-state index in [0.717, 1.165) is 6.07 Å². The van der Waals surface area contributed by atoms with Gasteiger partial charge in [0.1, 0.15) is 10.7 Å². The van der Waals surface area contributed by atoms with Crippen LogP contribution >= 0.6 is 11.6 Å². The second-order valence-electron chi connectivity index (χ2n) is 2.34. The molecule has 66 valence electrons. The fourth-order valence-corrected chi connectivity index (χ4v) is 1.19. The van der Waals surface area contributed by atoms with Crippen LogP contribution < -0.4 is 5.43 Å². The molecule has 0 aliphatic heterocycles. The third-order valence-electron chi connectivity index (χ3n) is 1.37. The highest BCUT2D eigenvalue weighted by Gasteiger charge is 2.16. The summed E-state index contributed by atoms with van der Waals surface area (Å²) in [7, 11) is 0. The van der Waals surface area contributed by atoms with Gasteiger partial charge in [-0.25, -0.2) is 8.78 Å². The van der Waals surface area contributed by atoms with Crippen LogP contribution in [-0.2, 0) is 0 Å². The van der Waals surface area contributed by atoms with Crippen molar-refractivity contribution in [1.29, 1.82) is 0 Å². The molecule has 0 bridgehead atoms. The zero-order valence-electron chi connectivity index (χ0n) is 6.20. The Morgan fingerprint density at radius 1 is 1.58 bits per heavy atom. The number of halogens is 3. The number of hydrogen-bond acceptors (Lipinski definition) is 1. The maximum absolute atomic E-state index is 12.1. The molecule has 1 heterocycles. The molecule has 0 aliphatic rings. The van der Waals surface area contributed by atoms with Crippen LogP contribution in [0.1, 0.15) is 17.7 Å². The normalized spacial score (nSPS) is 10.8. The molecule has 5 heteroatoms. The summed E-state index contributed by atoms with van der Waals surface area (Å²) in [6.07, 6.45) is -2.83. The first-order valence-corrected chi connectivity index (χ1v) is 3.57. The van der Waals surface area contributed by atoms with E-state index in [0.29, 0.717) is 5.69 Å². The third kappa shape index (κ3) is 1.64. The minimum absolute atomic E-state index is 0.282. The standard InChI is InChI=1S/C7H6ClF2NO/c1-3-2-4(12)5(7(9)10)6(8)11-3/h2,7H,1H3,(H,11,12). The molecule has 12 heavy (non-hydrogen) atoms. The van der Waals surface area contributed by atoms with Gasteiger partial charge in [0, 0.05) is 11.8 Å². The van der Waals surface area contributed by atoms with Crippen LogP contribution in [0.5, 0.6) is 0 Å². The predicted molar refractivity (Wildman–Crippen MR) is 41.8 cm³/mol. The van der Waals surface area contributed by atoms with Gasteiger partial charge >= 0.3 is 0 Å². The van der Waals surface area contributed by atoms with Crippen LogP contribution in [0.25, 0.3) is 0 Å². The number of H-pyrrole nitrogens is 1. The quantitative estimate of drug-likeness (QED) is 0.682. The highest BCUT2D eigenvalue weighted by molar-refractivity contribution is 6.30. The maximum atomic E-state index is 12.1. The van der Waals surface area contributed by atoms with Gasteiger partial charge in [-0.1, -0.05) is 11.6 Å². The van der Waals surface area contributed by atoms with Crippen LogP contribution in [0.4, 0.5) is 8.78 Å². The molecule has 0 aromatic carbocycles. The topological polar surface area (TPSA) is 32.9 Å². The molecule has 0 spiro atoms. The first-order chi connectivity index (χ1) is 5.52. The highest BCUT2D eigenvalue weighted by Crippen LogP contribution is 2.21. The van der Waals surface area contributed by atoms with Crippen molar-refractivity contribution in [2.24, 2.45) is 0 Å². The van der Waals surface area contributed by atoms with E-state index < -0.39 is 17.4 Å². The van der Waals surface area contributed by atoms with Gasteiger partial charge in [0.05, 0.1) is 0 Å². The molecular formula is C7H6ClF2NO. The molecule has 0 unspecified atom stereocenters. The first-order valence-electron chi connectivity index (χ1n) is 3.20. The molecule has 1 rings (SSSR count). The van der Waals surface area contributed by atoms with Gasteiger partial charge in [0.25, 0.3) is 6.43 Å². The Bertz CT molecular complexity index is 348. The van der Waals surface area contributed by atoms with Crippen molar-refractivity contribution < 1.29 is 8.78 Å². The van der Waals surface area contributed by atoms with Crippen LogP contribution in [-0.4, -0.2) is 4.98 Å². The lowest BCUT2D eigenvalue weighted by Gasteiger charge is -2.02. The number of pyridine rings is 1. The lowest BCUT2D eigenvalue weighted by Crippen LogP contribution is -2.10. The number of hydrogen-bond donors (Lipinski definition) is 1. The number of aryl methyl sites for hydroxylation is 1. The lowest BCUT2D eigenvalue weighted by molar-refractivity contribution is 0.150. The Morgan fingerprint density at radius 2 is 2.17 bits per heavy atom. The van der Waals surface area contributed by atoms with Gasteiger partial charge in [-0.05, 0) is 6.92 Å². The monoisotopic (exact) mass is 193 g/mol. The lowest BCUT2D eigenvalue weighted by atomic mass is 10.2.